The first-order chi connectivity index (χ1) is 11.5. The molecule has 0 saturated carbocycles. The molecular formula is C19H16N2O3. The number of carbonyl (C=O) groups excluding carboxylic acids is 1. The Morgan fingerprint density at radius 1 is 1.00 bits per heavy atom. The molecule has 0 aliphatic rings. The molecule has 0 unspecified atom stereocenters. The summed E-state index contributed by atoms with van der Waals surface area (Å²) >= 11 is 0. The van der Waals surface area contributed by atoms with Crippen molar-refractivity contribution in [1.29, 1.82) is 0 Å². The van der Waals surface area contributed by atoms with Crippen molar-refractivity contribution in [3.63, 3.8) is 0 Å². The first kappa shape index (κ1) is 15.7. The number of hydrogen-bond donors (Lipinski definition) is 1. The van der Waals surface area contributed by atoms with Crippen molar-refractivity contribution in [1.82, 2.24) is 5.32 Å². The van der Waals surface area contributed by atoms with Gasteiger partial charge in [-0.15, -0.1) is 0 Å². The number of fused-ring (bicyclic) bond motifs is 1. The Balaban J connectivity index is 1.80. The maximum absolute atomic E-state index is 12.3. The maximum atomic E-state index is 12.3. The van der Waals surface area contributed by atoms with E-state index in [2.05, 4.69) is 5.32 Å². The van der Waals surface area contributed by atoms with Gasteiger partial charge in [0.25, 0.3) is 11.6 Å². The third kappa shape index (κ3) is 3.25. The molecule has 0 radical (unpaired) electrons. The van der Waals surface area contributed by atoms with E-state index in [1.165, 1.54) is 18.2 Å². The molecule has 5 heteroatoms. The molecule has 0 spiro atoms. The van der Waals surface area contributed by atoms with Crippen LogP contribution in [-0.2, 0) is 0 Å². The monoisotopic (exact) mass is 320 g/mol. The lowest BCUT2D eigenvalue weighted by atomic mass is 10.0. The van der Waals surface area contributed by atoms with Crippen LogP contribution in [0, 0.1) is 10.1 Å². The number of non-ortho nitro benzene ring substituents is 1. The van der Waals surface area contributed by atoms with Crippen LogP contribution in [0.2, 0.25) is 0 Å². The van der Waals surface area contributed by atoms with E-state index in [1.807, 2.05) is 49.4 Å². The molecule has 1 amide bonds. The van der Waals surface area contributed by atoms with Crippen LogP contribution in [-0.4, -0.2) is 10.8 Å². The minimum atomic E-state index is -0.510. The van der Waals surface area contributed by atoms with Crippen LogP contribution in [0.25, 0.3) is 10.8 Å². The molecule has 0 saturated heterocycles. The summed E-state index contributed by atoms with van der Waals surface area (Å²) in [4.78, 5) is 22.6. The Morgan fingerprint density at radius 2 is 1.75 bits per heavy atom. The van der Waals surface area contributed by atoms with Gasteiger partial charge in [-0.05, 0) is 35.4 Å². The molecule has 0 heterocycles. The molecule has 0 aliphatic carbocycles. The highest BCUT2D eigenvalue weighted by atomic mass is 16.6. The van der Waals surface area contributed by atoms with Gasteiger partial charge in [-0.1, -0.05) is 42.5 Å². The van der Waals surface area contributed by atoms with Crippen molar-refractivity contribution in [2.75, 3.05) is 0 Å². The Morgan fingerprint density at radius 3 is 2.50 bits per heavy atom. The number of amides is 1. The molecule has 1 N–H and O–H groups in total. The number of nitrogens with zero attached hydrogens (tertiary/aromatic N) is 1. The van der Waals surface area contributed by atoms with Gasteiger partial charge in [0.05, 0.1) is 11.0 Å². The van der Waals surface area contributed by atoms with E-state index in [0.717, 1.165) is 16.3 Å². The number of nitro benzene ring substituents is 1. The standard InChI is InChI=1S/C19H16N2O3/c1-13(15-10-9-14-5-2-3-6-16(14)11-15)20-19(22)17-7-4-8-18(12-17)21(23)24/h2-13H,1H3,(H,20,22)/t13-/m1/s1. The zero-order valence-corrected chi connectivity index (χ0v) is 13.1. The van der Waals surface area contributed by atoms with Crippen molar-refractivity contribution in [3.8, 4) is 0 Å². The fourth-order valence-corrected chi connectivity index (χ4v) is 2.60. The minimum absolute atomic E-state index is 0.0963. The van der Waals surface area contributed by atoms with E-state index < -0.39 is 4.92 Å². The molecule has 0 bridgehead atoms. The van der Waals surface area contributed by atoms with Crippen molar-refractivity contribution in [2.45, 2.75) is 13.0 Å². The molecule has 0 aliphatic heterocycles. The topological polar surface area (TPSA) is 72.2 Å². The Labute approximate surface area is 139 Å². The first-order valence-electron chi connectivity index (χ1n) is 7.58. The number of nitrogens with one attached hydrogen (secondary N) is 1. The lowest BCUT2D eigenvalue weighted by Gasteiger charge is -2.15. The summed E-state index contributed by atoms with van der Waals surface area (Å²) in [5.41, 5.74) is 1.16. The Kier molecular flexibility index (Phi) is 4.24. The fraction of sp³-hybridized carbons (Fsp3) is 0.105. The van der Waals surface area contributed by atoms with E-state index in [9.17, 15) is 14.9 Å². The molecule has 1 atom stereocenters. The summed E-state index contributed by atoms with van der Waals surface area (Å²) in [6, 6.07) is 19.5. The van der Waals surface area contributed by atoms with Gasteiger partial charge in [0.15, 0.2) is 0 Å². The van der Waals surface area contributed by atoms with Gasteiger partial charge in [0, 0.05) is 17.7 Å². The van der Waals surface area contributed by atoms with E-state index in [-0.39, 0.29) is 23.2 Å². The SMILES string of the molecule is C[C@@H](NC(=O)c1cccc([N+](=O)[O-])c1)c1ccc2ccccc2c1. The molecule has 120 valence electrons. The molecule has 0 aromatic heterocycles. The highest BCUT2D eigenvalue weighted by Crippen LogP contribution is 2.21. The van der Waals surface area contributed by atoms with Gasteiger partial charge in [-0.2, -0.15) is 0 Å². The van der Waals surface area contributed by atoms with Crippen LogP contribution in [0.15, 0.2) is 66.7 Å². The lowest BCUT2D eigenvalue weighted by Crippen LogP contribution is -2.26. The third-order valence-corrected chi connectivity index (χ3v) is 3.94. The van der Waals surface area contributed by atoms with Gasteiger partial charge >= 0.3 is 0 Å². The van der Waals surface area contributed by atoms with Crippen molar-refractivity contribution in [3.05, 3.63) is 88.0 Å². The summed E-state index contributed by atoms with van der Waals surface area (Å²) in [5.74, 6) is -0.334. The number of hydrogen-bond acceptors (Lipinski definition) is 3. The summed E-state index contributed by atoms with van der Waals surface area (Å²) in [7, 11) is 0. The quantitative estimate of drug-likeness (QED) is 0.577. The fourth-order valence-electron chi connectivity index (χ4n) is 2.60. The summed E-state index contributed by atoms with van der Waals surface area (Å²) in [6.45, 7) is 1.89. The second kappa shape index (κ2) is 6.50. The van der Waals surface area contributed by atoms with Gasteiger partial charge < -0.3 is 5.32 Å². The highest BCUT2D eigenvalue weighted by Gasteiger charge is 2.14. The molecule has 3 aromatic carbocycles. The predicted molar refractivity (Wildman–Crippen MR) is 92.9 cm³/mol. The number of carbonyl (C=O) groups is 1. The van der Waals surface area contributed by atoms with Crippen LogP contribution >= 0.6 is 0 Å². The van der Waals surface area contributed by atoms with Crippen LogP contribution in [0.4, 0.5) is 5.69 Å². The molecule has 3 aromatic rings. The molecule has 0 fully saturated rings. The van der Waals surface area contributed by atoms with E-state index >= 15 is 0 Å². The first-order valence-corrected chi connectivity index (χ1v) is 7.58. The summed E-state index contributed by atoms with van der Waals surface area (Å²) < 4.78 is 0. The van der Waals surface area contributed by atoms with Gasteiger partial charge in [0.1, 0.15) is 0 Å². The molecule has 5 nitrogen and oxygen atoms in total. The van der Waals surface area contributed by atoms with Gasteiger partial charge in [-0.3, -0.25) is 14.9 Å². The zero-order chi connectivity index (χ0) is 17.1. The van der Waals surface area contributed by atoms with Crippen LogP contribution in [0.3, 0.4) is 0 Å². The summed E-state index contributed by atoms with van der Waals surface area (Å²) in [6.07, 6.45) is 0. The van der Waals surface area contributed by atoms with Gasteiger partial charge in [-0.25, -0.2) is 0 Å². The van der Waals surface area contributed by atoms with E-state index in [1.54, 1.807) is 6.07 Å². The van der Waals surface area contributed by atoms with Crippen LogP contribution < -0.4 is 5.32 Å². The van der Waals surface area contributed by atoms with E-state index in [0.29, 0.717) is 0 Å². The van der Waals surface area contributed by atoms with Crippen molar-refractivity contribution < 1.29 is 9.72 Å². The molecule has 3 rings (SSSR count). The second-order valence-corrected chi connectivity index (χ2v) is 5.61. The predicted octanol–water partition coefficient (Wildman–Crippen LogP) is 4.24. The average molecular weight is 320 g/mol. The number of rotatable bonds is 4. The Hall–Kier alpha value is -3.21. The van der Waals surface area contributed by atoms with Crippen molar-refractivity contribution >= 4 is 22.4 Å². The second-order valence-electron chi connectivity index (χ2n) is 5.61. The largest absolute Gasteiger partial charge is 0.346 e. The molecular weight excluding hydrogens is 304 g/mol. The summed E-state index contributed by atoms with van der Waals surface area (Å²) in [5, 5.41) is 15.9. The maximum Gasteiger partial charge on any atom is 0.270 e. The smallest absolute Gasteiger partial charge is 0.270 e. The minimum Gasteiger partial charge on any atom is -0.346 e. The van der Waals surface area contributed by atoms with E-state index in [4.69, 9.17) is 0 Å². The number of benzene rings is 3. The molecule has 24 heavy (non-hydrogen) atoms. The lowest BCUT2D eigenvalue weighted by molar-refractivity contribution is -0.384. The Bertz CT molecular complexity index is 921. The average Bonchev–Trinajstić information content (AvgIpc) is 2.61. The van der Waals surface area contributed by atoms with Gasteiger partial charge in [0.2, 0.25) is 0 Å². The van der Waals surface area contributed by atoms with Crippen LogP contribution in [0.5, 0.6) is 0 Å². The normalized spacial score (nSPS) is 11.9. The highest BCUT2D eigenvalue weighted by molar-refractivity contribution is 5.95. The third-order valence-electron chi connectivity index (χ3n) is 3.94. The van der Waals surface area contributed by atoms with Crippen molar-refractivity contribution in [2.24, 2.45) is 0 Å². The zero-order valence-electron chi connectivity index (χ0n) is 13.1. The van der Waals surface area contributed by atoms with Crippen LogP contribution in [0.1, 0.15) is 28.9 Å². The number of nitro groups is 1.